The van der Waals surface area contributed by atoms with Gasteiger partial charge in [0.05, 0.1) is 24.1 Å². The van der Waals surface area contributed by atoms with Crippen LogP contribution in [0.1, 0.15) is 13.3 Å². The van der Waals surface area contributed by atoms with E-state index in [1.807, 2.05) is 31.2 Å². The number of hydrogen-bond acceptors (Lipinski definition) is 4. The number of anilines is 1. The predicted octanol–water partition coefficient (Wildman–Crippen LogP) is 3.72. The van der Waals surface area contributed by atoms with Crippen molar-refractivity contribution in [2.75, 3.05) is 17.9 Å². The third-order valence-electron chi connectivity index (χ3n) is 2.34. The van der Waals surface area contributed by atoms with Crippen molar-refractivity contribution < 1.29 is 4.52 Å². The van der Waals surface area contributed by atoms with Crippen molar-refractivity contribution in [3.8, 4) is 6.07 Å². The largest absolute Gasteiger partial charge is 0.329 e. The third-order valence-corrected chi connectivity index (χ3v) is 4.98. The van der Waals surface area contributed by atoms with E-state index in [0.717, 1.165) is 11.4 Å². The molecule has 0 aliphatic carbocycles. The summed E-state index contributed by atoms with van der Waals surface area (Å²) in [6, 6.07) is 10.0. The molecule has 16 heavy (non-hydrogen) atoms. The molecule has 0 saturated carbocycles. The van der Waals surface area contributed by atoms with Crippen LogP contribution in [0.4, 0.5) is 11.4 Å². The van der Waals surface area contributed by atoms with Crippen molar-refractivity contribution in [3.05, 3.63) is 24.3 Å². The van der Waals surface area contributed by atoms with E-state index < -0.39 is 7.43 Å². The summed E-state index contributed by atoms with van der Waals surface area (Å²) < 4.78 is 10.4. The van der Waals surface area contributed by atoms with Crippen LogP contribution in [0.15, 0.2) is 29.0 Å². The first-order valence-electron chi connectivity index (χ1n) is 5.30. The van der Waals surface area contributed by atoms with Gasteiger partial charge in [0.25, 0.3) is 0 Å². The molecule has 1 aromatic carbocycles. The van der Waals surface area contributed by atoms with E-state index in [1.165, 1.54) is 0 Å². The summed E-state index contributed by atoms with van der Waals surface area (Å²) in [4.78, 5) is 0. The van der Waals surface area contributed by atoms with Crippen LogP contribution in [0.3, 0.4) is 0 Å². The van der Waals surface area contributed by atoms with Gasteiger partial charge in [0.15, 0.2) is 7.43 Å². The van der Waals surface area contributed by atoms with Gasteiger partial charge in [-0.2, -0.15) is 5.26 Å². The van der Waals surface area contributed by atoms with Gasteiger partial charge in [-0.3, -0.25) is 0 Å². The first-order valence-corrected chi connectivity index (χ1v) is 7.14. The highest BCUT2D eigenvalue weighted by Gasteiger charge is 2.26. The summed E-state index contributed by atoms with van der Waals surface area (Å²) in [5.74, 6) is 0. The summed E-state index contributed by atoms with van der Waals surface area (Å²) in [5.41, 5.74) is 1.96. The van der Waals surface area contributed by atoms with Crippen LogP contribution in [-0.4, -0.2) is 12.8 Å². The monoisotopic (exact) mass is 235 g/mol. The number of hydrogen-bond donors (Lipinski definition) is 1. The van der Waals surface area contributed by atoms with Crippen LogP contribution in [-0.2, 0) is 4.52 Å². The fourth-order valence-corrected chi connectivity index (χ4v) is 4.12. The quantitative estimate of drug-likeness (QED) is 0.809. The number of benzene rings is 1. The van der Waals surface area contributed by atoms with Gasteiger partial charge in [0.1, 0.15) is 0 Å². The molecule has 4 nitrogen and oxygen atoms in total. The highest BCUT2D eigenvalue weighted by Crippen LogP contribution is 2.59. The highest BCUT2D eigenvalue weighted by molar-refractivity contribution is 7.63. The van der Waals surface area contributed by atoms with E-state index >= 15 is 0 Å². The predicted molar refractivity (Wildman–Crippen MR) is 65.8 cm³/mol. The van der Waals surface area contributed by atoms with E-state index in [9.17, 15) is 0 Å². The smallest absolute Gasteiger partial charge is 0.181 e. The molecule has 84 valence electrons. The second-order valence-corrected chi connectivity index (χ2v) is 6.01. The maximum absolute atomic E-state index is 8.67. The molecule has 1 aliphatic heterocycles. The molecule has 0 bridgehead atoms. The molecule has 0 spiro atoms. The number of para-hydroxylation sites is 1. The lowest BCUT2D eigenvalue weighted by molar-refractivity contribution is 0.374. The number of nitrogens with one attached hydrogen (secondary N) is 1. The second kappa shape index (κ2) is 4.69. The average Bonchev–Trinajstić information content (AvgIpc) is 2.65. The van der Waals surface area contributed by atoms with Crippen LogP contribution >= 0.6 is 7.43 Å². The molecular formula is C11H14N3OP. The van der Waals surface area contributed by atoms with Crippen LogP contribution in [0.5, 0.6) is 0 Å². The summed E-state index contributed by atoms with van der Waals surface area (Å²) in [7, 11) is -1.99. The van der Waals surface area contributed by atoms with Crippen molar-refractivity contribution in [2.45, 2.75) is 13.3 Å². The summed E-state index contributed by atoms with van der Waals surface area (Å²) in [5, 5.41) is 12.0. The number of rotatable bonds is 4. The molecule has 0 saturated heterocycles. The van der Waals surface area contributed by atoms with Gasteiger partial charge in [0.2, 0.25) is 0 Å². The van der Waals surface area contributed by atoms with Gasteiger partial charge in [0, 0.05) is 12.6 Å². The lowest BCUT2D eigenvalue weighted by Crippen LogP contribution is -2.01. The minimum Gasteiger partial charge on any atom is -0.329 e. The van der Waals surface area contributed by atoms with Gasteiger partial charge in [-0.25, -0.2) is 4.74 Å². The van der Waals surface area contributed by atoms with Gasteiger partial charge in [-0.1, -0.05) is 12.1 Å². The lowest BCUT2D eigenvalue weighted by atomic mass is 10.3. The molecule has 0 amide bonds. The molecule has 1 heterocycles. The standard InChI is InChI=1S/C11H14N3OP/c1-2-15-16(9-5-8-12)13-10-6-3-4-7-11(10)14-16/h3-4,6-7,13H,2,5,9H2,1H3. The molecule has 1 aliphatic rings. The van der Waals surface area contributed by atoms with E-state index in [4.69, 9.17) is 9.79 Å². The molecule has 1 N–H and O–H groups in total. The molecule has 1 atom stereocenters. The Bertz CT molecular complexity index is 478. The van der Waals surface area contributed by atoms with Gasteiger partial charge in [-0.15, -0.1) is 0 Å². The Morgan fingerprint density at radius 1 is 1.50 bits per heavy atom. The Balaban J connectivity index is 2.28. The van der Waals surface area contributed by atoms with Crippen molar-refractivity contribution in [3.63, 3.8) is 0 Å². The summed E-state index contributed by atoms with van der Waals surface area (Å²) in [6.07, 6.45) is 1.14. The Kier molecular flexibility index (Phi) is 3.28. The fourth-order valence-electron chi connectivity index (χ4n) is 1.69. The van der Waals surface area contributed by atoms with E-state index in [1.54, 1.807) is 0 Å². The first-order chi connectivity index (χ1) is 7.79. The minimum atomic E-state index is -1.99. The number of nitrogens with zero attached hydrogens (tertiary/aromatic N) is 2. The van der Waals surface area contributed by atoms with Crippen molar-refractivity contribution in [1.82, 2.24) is 0 Å². The summed E-state index contributed by atoms with van der Waals surface area (Å²) in [6.45, 7) is 2.57. The van der Waals surface area contributed by atoms with Crippen molar-refractivity contribution >= 4 is 18.8 Å². The van der Waals surface area contributed by atoms with E-state index in [0.29, 0.717) is 19.2 Å². The van der Waals surface area contributed by atoms with Gasteiger partial charge >= 0.3 is 0 Å². The first kappa shape index (κ1) is 11.2. The molecule has 0 fully saturated rings. The maximum atomic E-state index is 8.67. The summed E-state index contributed by atoms with van der Waals surface area (Å²) >= 11 is 0. The molecule has 1 unspecified atom stereocenters. The molecular weight excluding hydrogens is 221 g/mol. The van der Waals surface area contributed by atoms with Gasteiger partial charge in [-0.05, 0) is 19.1 Å². The zero-order chi connectivity index (χ0) is 11.4. The SMILES string of the molecule is CCOP1(CCC#N)=Nc2ccccc2N1. The molecule has 1 aromatic rings. The molecule has 0 radical (unpaired) electrons. The second-order valence-electron chi connectivity index (χ2n) is 3.48. The van der Waals surface area contributed by atoms with Crippen molar-refractivity contribution in [1.29, 1.82) is 5.26 Å². The van der Waals surface area contributed by atoms with E-state index in [2.05, 4.69) is 15.9 Å². The maximum Gasteiger partial charge on any atom is 0.181 e. The fraction of sp³-hybridized carbons (Fsp3) is 0.364. The number of nitriles is 1. The van der Waals surface area contributed by atoms with Crippen molar-refractivity contribution in [2.24, 2.45) is 4.74 Å². The Morgan fingerprint density at radius 3 is 3.00 bits per heavy atom. The minimum absolute atomic E-state index is 0.471. The van der Waals surface area contributed by atoms with Gasteiger partial charge < -0.3 is 9.61 Å². The number of fused-ring (bicyclic) bond motifs is 1. The Morgan fingerprint density at radius 2 is 2.31 bits per heavy atom. The van der Waals surface area contributed by atoms with Crippen LogP contribution < -0.4 is 5.09 Å². The van der Waals surface area contributed by atoms with Crippen LogP contribution in [0.2, 0.25) is 0 Å². The third kappa shape index (κ3) is 2.11. The Labute approximate surface area is 95.4 Å². The molecule has 0 aromatic heterocycles. The molecule has 5 heteroatoms. The van der Waals surface area contributed by atoms with Crippen LogP contribution in [0.25, 0.3) is 0 Å². The normalized spacial score (nSPS) is 21.8. The Hall–Kier alpha value is -1.30. The average molecular weight is 235 g/mol. The zero-order valence-corrected chi connectivity index (χ0v) is 10.1. The van der Waals surface area contributed by atoms with Crippen LogP contribution in [0, 0.1) is 11.3 Å². The van der Waals surface area contributed by atoms with E-state index in [-0.39, 0.29) is 0 Å². The lowest BCUT2D eigenvalue weighted by Gasteiger charge is -2.19. The zero-order valence-electron chi connectivity index (χ0n) is 9.18. The topological polar surface area (TPSA) is 57.4 Å². The molecule has 2 rings (SSSR count). The highest BCUT2D eigenvalue weighted by atomic mass is 31.2.